The average Bonchev–Trinajstić information content (AvgIpc) is 2.85. The second-order valence-electron chi connectivity index (χ2n) is 5.58. The van der Waals surface area contributed by atoms with E-state index in [9.17, 15) is 0 Å². The fraction of sp³-hybridized carbons (Fsp3) is 0.375. The highest BCUT2D eigenvalue weighted by Crippen LogP contribution is 2.30. The number of para-hydroxylation sites is 1. The molecular formula is C16H18N4S. The number of anilines is 1. The highest BCUT2D eigenvalue weighted by Gasteiger charge is 2.19. The van der Waals surface area contributed by atoms with Crippen LogP contribution in [0.15, 0.2) is 30.5 Å². The molecule has 1 saturated heterocycles. The first-order valence-corrected chi connectivity index (χ1v) is 8.49. The van der Waals surface area contributed by atoms with E-state index in [0.717, 1.165) is 28.5 Å². The zero-order valence-corrected chi connectivity index (χ0v) is 12.6. The standard InChI is InChI=1S/C16H18N4S/c17-16-19-14-9-18-13-7-2-1-6-12(13)15(14)20(16)10-11-5-3-4-8-21-11/h1-2,6-7,9,11H,3-5,8,10H2,(H2,17,19). The molecule has 0 amide bonds. The molecule has 4 rings (SSSR count). The lowest BCUT2D eigenvalue weighted by atomic mass is 10.1. The first kappa shape index (κ1) is 13.0. The number of pyridine rings is 1. The number of rotatable bonds is 2. The van der Waals surface area contributed by atoms with Crippen molar-refractivity contribution in [1.29, 1.82) is 0 Å². The third-order valence-electron chi connectivity index (χ3n) is 4.17. The largest absolute Gasteiger partial charge is 0.369 e. The van der Waals surface area contributed by atoms with Gasteiger partial charge in [-0.15, -0.1) is 0 Å². The minimum absolute atomic E-state index is 0.606. The molecule has 21 heavy (non-hydrogen) atoms. The number of nitrogens with zero attached hydrogens (tertiary/aromatic N) is 3. The van der Waals surface area contributed by atoms with Crippen molar-refractivity contribution in [2.75, 3.05) is 11.5 Å². The molecule has 3 aromatic rings. The van der Waals surface area contributed by atoms with Gasteiger partial charge in [-0.1, -0.05) is 24.6 Å². The van der Waals surface area contributed by atoms with E-state index in [1.54, 1.807) is 0 Å². The number of nitrogen functional groups attached to an aromatic ring is 1. The van der Waals surface area contributed by atoms with Crippen molar-refractivity contribution in [3.8, 4) is 0 Å². The van der Waals surface area contributed by atoms with Gasteiger partial charge in [-0.2, -0.15) is 11.8 Å². The summed E-state index contributed by atoms with van der Waals surface area (Å²) in [6, 6.07) is 8.21. The number of hydrogen-bond donors (Lipinski definition) is 1. The van der Waals surface area contributed by atoms with Crippen LogP contribution in [0.25, 0.3) is 21.9 Å². The van der Waals surface area contributed by atoms with E-state index in [4.69, 9.17) is 5.73 Å². The number of benzene rings is 1. The molecule has 2 aromatic heterocycles. The Bertz CT molecular complexity index is 789. The molecule has 0 spiro atoms. The molecule has 0 saturated carbocycles. The van der Waals surface area contributed by atoms with Crippen LogP contribution >= 0.6 is 11.8 Å². The molecule has 0 bridgehead atoms. The summed E-state index contributed by atoms with van der Waals surface area (Å²) < 4.78 is 2.18. The normalized spacial score (nSPS) is 19.3. The number of imidazole rings is 1. The second kappa shape index (κ2) is 5.22. The van der Waals surface area contributed by atoms with Gasteiger partial charge in [0.1, 0.15) is 5.52 Å². The summed E-state index contributed by atoms with van der Waals surface area (Å²) in [7, 11) is 0. The van der Waals surface area contributed by atoms with Crippen LogP contribution in [0, 0.1) is 0 Å². The summed E-state index contributed by atoms with van der Waals surface area (Å²) in [5.74, 6) is 1.87. The number of thioether (sulfide) groups is 1. The van der Waals surface area contributed by atoms with Crippen LogP contribution in [0.2, 0.25) is 0 Å². The molecule has 0 aliphatic carbocycles. The van der Waals surface area contributed by atoms with Gasteiger partial charge >= 0.3 is 0 Å². The van der Waals surface area contributed by atoms with Crippen molar-refractivity contribution in [2.45, 2.75) is 31.1 Å². The minimum atomic E-state index is 0.606. The quantitative estimate of drug-likeness (QED) is 0.787. The molecule has 1 aromatic carbocycles. The number of hydrogen-bond acceptors (Lipinski definition) is 4. The van der Waals surface area contributed by atoms with E-state index >= 15 is 0 Å². The third-order valence-corrected chi connectivity index (χ3v) is 5.55. The summed E-state index contributed by atoms with van der Waals surface area (Å²) in [4.78, 5) is 8.97. The predicted molar refractivity (Wildman–Crippen MR) is 89.5 cm³/mol. The van der Waals surface area contributed by atoms with Gasteiger partial charge in [-0.3, -0.25) is 4.98 Å². The summed E-state index contributed by atoms with van der Waals surface area (Å²) in [5.41, 5.74) is 9.20. The highest BCUT2D eigenvalue weighted by molar-refractivity contribution is 7.99. The van der Waals surface area contributed by atoms with Crippen LogP contribution in [-0.2, 0) is 6.54 Å². The maximum atomic E-state index is 6.18. The molecule has 4 nitrogen and oxygen atoms in total. The molecule has 1 atom stereocenters. The number of nitrogens with two attached hydrogens (primary N) is 1. The Balaban J connectivity index is 1.86. The van der Waals surface area contributed by atoms with Crippen LogP contribution in [-0.4, -0.2) is 25.5 Å². The van der Waals surface area contributed by atoms with Gasteiger partial charge in [0.2, 0.25) is 5.95 Å². The lowest BCUT2D eigenvalue weighted by Gasteiger charge is -2.22. The molecule has 1 unspecified atom stereocenters. The molecule has 5 heteroatoms. The Labute approximate surface area is 127 Å². The van der Waals surface area contributed by atoms with E-state index in [1.165, 1.54) is 25.0 Å². The topological polar surface area (TPSA) is 56.7 Å². The summed E-state index contributed by atoms with van der Waals surface area (Å²) in [5, 5.41) is 1.78. The van der Waals surface area contributed by atoms with Gasteiger partial charge in [0.25, 0.3) is 0 Å². The Hall–Kier alpha value is -1.75. The Kier molecular flexibility index (Phi) is 3.22. The fourth-order valence-corrected chi connectivity index (χ4v) is 4.41. The van der Waals surface area contributed by atoms with Crippen molar-refractivity contribution in [1.82, 2.24) is 14.5 Å². The zero-order valence-electron chi connectivity index (χ0n) is 11.8. The van der Waals surface area contributed by atoms with E-state index in [-0.39, 0.29) is 0 Å². The molecule has 108 valence electrons. The number of fused-ring (bicyclic) bond motifs is 3. The summed E-state index contributed by atoms with van der Waals surface area (Å²) in [6.45, 7) is 0.945. The molecule has 0 radical (unpaired) electrons. The Morgan fingerprint density at radius 1 is 1.24 bits per heavy atom. The first-order valence-electron chi connectivity index (χ1n) is 7.44. The predicted octanol–water partition coefficient (Wildman–Crippen LogP) is 3.45. The van der Waals surface area contributed by atoms with Crippen LogP contribution < -0.4 is 5.73 Å². The van der Waals surface area contributed by atoms with Crippen LogP contribution in [0.1, 0.15) is 19.3 Å². The average molecular weight is 298 g/mol. The first-order chi connectivity index (χ1) is 10.3. The van der Waals surface area contributed by atoms with Crippen molar-refractivity contribution >= 4 is 39.6 Å². The van der Waals surface area contributed by atoms with Crippen molar-refractivity contribution in [3.63, 3.8) is 0 Å². The lowest BCUT2D eigenvalue weighted by molar-refractivity contribution is 0.596. The van der Waals surface area contributed by atoms with Crippen LogP contribution in [0.3, 0.4) is 0 Å². The smallest absolute Gasteiger partial charge is 0.201 e. The second-order valence-corrected chi connectivity index (χ2v) is 6.99. The molecule has 2 N–H and O–H groups in total. The van der Waals surface area contributed by atoms with Crippen molar-refractivity contribution in [2.24, 2.45) is 0 Å². The van der Waals surface area contributed by atoms with Crippen molar-refractivity contribution < 1.29 is 0 Å². The highest BCUT2D eigenvalue weighted by atomic mass is 32.2. The van der Waals surface area contributed by atoms with E-state index < -0.39 is 0 Å². The van der Waals surface area contributed by atoms with E-state index in [0.29, 0.717) is 11.2 Å². The van der Waals surface area contributed by atoms with Crippen LogP contribution in [0.4, 0.5) is 5.95 Å². The molecule has 1 aliphatic heterocycles. The van der Waals surface area contributed by atoms with Crippen LogP contribution in [0.5, 0.6) is 0 Å². The van der Waals surface area contributed by atoms with E-state index in [1.807, 2.05) is 24.4 Å². The van der Waals surface area contributed by atoms with Gasteiger partial charge in [0.05, 0.1) is 17.2 Å². The molecule has 1 fully saturated rings. The zero-order chi connectivity index (χ0) is 14.2. The maximum absolute atomic E-state index is 6.18. The maximum Gasteiger partial charge on any atom is 0.201 e. The molecule has 3 heterocycles. The van der Waals surface area contributed by atoms with Crippen molar-refractivity contribution in [3.05, 3.63) is 30.5 Å². The monoisotopic (exact) mass is 298 g/mol. The fourth-order valence-electron chi connectivity index (χ4n) is 3.12. The van der Waals surface area contributed by atoms with Gasteiger partial charge in [-0.05, 0) is 24.7 Å². The van der Waals surface area contributed by atoms with E-state index in [2.05, 4.69) is 32.4 Å². The Morgan fingerprint density at radius 2 is 2.14 bits per heavy atom. The molecular weight excluding hydrogens is 280 g/mol. The van der Waals surface area contributed by atoms with Gasteiger partial charge in [-0.25, -0.2) is 4.98 Å². The third kappa shape index (κ3) is 2.25. The number of aromatic nitrogens is 3. The summed E-state index contributed by atoms with van der Waals surface area (Å²) >= 11 is 2.06. The minimum Gasteiger partial charge on any atom is -0.369 e. The lowest BCUT2D eigenvalue weighted by Crippen LogP contribution is -2.18. The van der Waals surface area contributed by atoms with Gasteiger partial charge in [0.15, 0.2) is 0 Å². The Morgan fingerprint density at radius 3 is 3.00 bits per heavy atom. The van der Waals surface area contributed by atoms with Gasteiger partial charge < -0.3 is 10.3 Å². The summed E-state index contributed by atoms with van der Waals surface area (Å²) in [6.07, 6.45) is 5.77. The SMILES string of the molecule is Nc1nc2cnc3ccccc3c2n1CC1CCCCS1. The van der Waals surface area contributed by atoms with Gasteiger partial charge in [0, 0.05) is 17.2 Å². The molecule has 1 aliphatic rings.